The summed E-state index contributed by atoms with van der Waals surface area (Å²) in [5, 5.41) is 8.88. The zero-order valence-electron chi connectivity index (χ0n) is 9.47. The molecule has 0 fully saturated rings. The van der Waals surface area contributed by atoms with Gasteiger partial charge in [0.25, 0.3) is 6.43 Å². The second kappa shape index (κ2) is 4.68. The first-order valence-corrected chi connectivity index (χ1v) is 7.59. The number of hydrogen-bond donors (Lipinski definition) is 1. The van der Waals surface area contributed by atoms with E-state index >= 15 is 0 Å². The van der Waals surface area contributed by atoms with Gasteiger partial charge in [0.05, 0.1) is 6.61 Å². The zero-order valence-corrected chi connectivity index (χ0v) is 10.5. The lowest BCUT2D eigenvalue weighted by Crippen LogP contribution is -2.43. The molecule has 2 nitrogen and oxygen atoms in total. The smallest absolute Gasteiger partial charge is 0.266 e. The summed E-state index contributed by atoms with van der Waals surface area (Å²) in [5.74, 6) is 0. The molecule has 5 heteroatoms. The van der Waals surface area contributed by atoms with Crippen molar-refractivity contribution in [3.05, 3.63) is 0 Å². The highest BCUT2D eigenvalue weighted by atomic mass is 28.4. The molecule has 0 unspecified atom stereocenters. The van der Waals surface area contributed by atoms with E-state index in [1.807, 2.05) is 33.9 Å². The second-order valence-electron chi connectivity index (χ2n) is 4.97. The van der Waals surface area contributed by atoms with Gasteiger partial charge >= 0.3 is 0 Å². The van der Waals surface area contributed by atoms with E-state index in [0.717, 1.165) is 0 Å². The van der Waals surface area contributed by atoms with Crippen molar-refractivity contribution in [3.8, 4) is 0 Å². The van der Waals surface area contributed by atoms with Crippen LogP contribution in [0.5, 0.6) is 0 Å². The number of aliphatic hydroxyl groups is 1. The summed E-state index contributed by atoms with van der Waals surface area (Å²) in [7, 11) is -2.01. The van der Waals surface area contributed by atoms with Gasteiger partial charge < -0.3 is 9.53 Å². The molecule has 0 saturated carbocycles. The lowest BCUT2D eigenvalue weighted by molar-refractivity contribution is -0.0310. The Hall–Kier alpha value is -0.00312. The molecule has 0 aliphatic carbocycles. The number of rotatable bonds is 4. The van der Waals surface area contributed by atoms with Crippen LogP contribution in [-0.2, 0) is 4.43 Å². The Morgan fingerprint density at radius 1 is 1.29 bits per heavy atom. The SMILES string of the molecule is CC(C)(C)[Si](C)(C)OC[C@@H](O)C(F)F. The molecule has 0 spiro atoms. The molecule has 0 radical (unpaired) electrons. The molecule has 0 bridgehead atoms. The summed E-state index contributed by atoms with van der Waals surface area (Å²) in [6.45, 7) is 9.72. The molecule has 1 N–H and O–H groups in total. The van der Waals surface area contributed by atoms with Crippen LogP contribution >= 0.6 is 0 Å². The number of hydrogen-bond acceptors (Lipinski definition) is 2. The fourth-order valence-corrected chi connectivity index (χ4v) is 1.60. The molecule has 1 atom stereocenters. The maximum absolute atomic E-state index is 12.0. The van der Waals surface area contributed by atoms with E-state index < -0.39 is 20.8 Å². The molecular weight excluding hydrogens is 206 g/mol. The van der Waals surface area contributed by atoms with E-state index in [0.29, 0.717) is 0 Å². The van der Waals surface area contributed by atoms with Gasteiger partial charge in [0.15, 0.2) is 8.32 Å². The third kappa shape index (κ3) is 4.02. The van der Waals surface area contributed by atoms with Crippen LogP contribution in [0, 0.1) is 0 Å². The number of aliphatic hydroxyl groups excluding tert-OH is 1. The Balaban J connectivity index is 4.13. The first-order valence-electron chi connectivity index (χ1n) is 4.68. The van der Waals surface area contributed by atoms with Gasteiger partial charge in [-0.2, -0.15) is 0 Å². The van der Waals surface area contributed by atoms with Gasteiger partial charge in [-0.05, 0) is 18.1 Å². The summed E-state index contributed by atoms with van der Waals surface area (Å²) < 4.78 is 29.4. The van der Waals surface area contributed by atoms with Crippen molar-refractivity contribution < 1.29 is 18.3 Å². The lowest BCUT2D eigenvalue weighted by atomic mass is 10.2. The predicted molar refractivity (Wildman–Crippen MR) is 55.2 cm³/mol. The Bertz CT molecular complexity index is 178. The molecule has 14 heavy (non-hydrogen) atoms. The van der Waals surface area contributed by atoms with Gasteiger partial charge in [0.2, 0.25) is 0 Å². The molecular formula is C9H20F2O2Si. The minimum atomic E-state index is -2.72. The Kier molecular flexibility index (Phi) is 4.68. The van der Waals surface area contributed by atoms with Crippen LogP contribution in [0.2, 0.25) is 18.1 Å². The van der Waals surface area contributed by atoms with Crippen LogP contribution in [-0.4, -0.2) is 32.6 Å². The average molecular weight is 226 g/mol. The third-order valence-corrected chi connectivity index (χ3v) is 7.21. The average Bonchev–Trinajstić information content (AvgIpc) is 1.97. The molecule has 0 aliphatic heterocycles. The van der Waals surface area contributed by atoms with E-state index in [-0.39, 0.29) is 11.6 Å². The Morgan fingerprint density at radius 2 is 1.71 bits per heavy atom. The number of halogens is 2. The Labute approximate surface area is 85.4 Å². The standard InChI is InChI=1S/C9H20F2O2Si/c1-9(2,3)14(4,5)13-6-7(12)8(10)11/h7-8,12H,6H2,1-5H3/t7-/m1/s1. The van der Waals surface area contributed by atoms with Crippen LogP contribution < -0.4 is 0 Å². The van der Waals surface area contributed by atoms with Crippen LogP contribution in [0.3, 0.4) is 0 Å². The van der Waals surface area contributed by atoms with E-state index in [1.165, 1.54) is 0 Å². The molecule has 0 amide bonds. The van der Waals surface area contributed by atoms with Crippen molar-refractivity contribution >= 4 is 8.32 Å². The van der Waals surface area contributed by atoms with Crippen LogP contribution in [0.1, 0.15) is 20.8 Å². The van der Waals surface area contributed by atoms with Crippen LogP contribution in [0.25, 0.3) is 0 Å². The lowest BCUT2D eigenvalue weighted by Gasteiger charge is -2.36. The summed E-state index contributed by atoms with van der Waals surface area (Å²) in [6, 6.07) is 0. The van der Waals surface area contributed by atoms with Gasteiger partial charge in [-0.15, -0.1) is 0 Å². The maximum Gasteiger partial charge on any atom is 0.266 e. The number of alkyl halides is 2. The van der Waals surface area contributed by atoms with E-state index in [9.17, 15) is 8.78 Å². The highest BCUT2D eigenvalue weighted by Crippen LogP contribution is 2.36. The van der Waals surface area contributed by atoms with Crippen molar-refractivity contribution in [1.29, 1.82) is 0 Å². The highest BCUT2D eigenvalue weighted by molar-refractivity contribution is 6.74. The van der Waals surface area contributed by atoms with Crippen LogP contribution in [0.15, 0.2) is 0 Å². The van der Waals surface area contributed by atoms with Crippen molar-refractivity contribution in [2.75, 3.05) is 6.61 Å². The van der Waals surface area contributed by atoms with Crippen molar-refractivity contribution in [3.63, 3.8) is 0 Å². The maximum atomic E-state index is 12.0. The fourth-order valence-electron chi connectivity index (χ4n) is 0.583. The molecule has 0 aromatic heterocycles. The van der Waals surface area contributed by atoms with Crippen molar-refractivity contribution in [2.45, 2.75) is 51.4 Å². The Morgan fingerprint density at radius 3 is 2.00 bits per heavy atom. The summed E-state index contributed by atoms with van der Waals surface area (Å²) >= 11 is 0. The quantitative estimate of drug-likeness (QED) is 0.747. The summed E-state index contributed by atoms with van der Waals surface area (Å²) in [5.41, 5.74) is 0. The minimum absolute atomic E-state index is 0.0190. The molecule has 86 valence electrons. The van der Waals surface area contributed by atoms with Gasteiger partial charge in [0.1, 0.15) is 6.10 Å². The predicted octanol–water partition coefficient (Wildman–Crippen LogP) is 2.63. The zero-order chi connectivity index (χ0) is 11.6. The van der Waals surface area contributed by atoms with Crippen molar-refractivity contribution in [1.82, 2.24) is 0 Å². The first kappa shape index (κ1) is 14.0. The monoisotopic (exact) mass is 226 g/mol. The van der Waals surface area contributed by atoms with Crippen LogP contribution in [0.4, 0.5) is 8.78 Å². The summed E-state index contributed by atoms with van der Waals surface area (Å²) in [6.07, 6.45) is -4.39. The van der Waals surface area contributed by atoms with Gasteiger partial charge in [-0.1, -0.05) is 20.8 Å². The van der Waals surface area contributed by atoms with Gasteiger partial charge in [0, 0.05) is 0 Å². The van der Waals surface area contributed by atoms with Gasteiger partial charge in [-0.25, -0.2) is 8.78 Å². The van der Waals surface area contributed by atoms with Gasteiger partial charge in [-0.3, -0.25) is 0 Å². The van der Waals surface area contributed by atoms with E-state index in [4.69, 9.17) is 9.53 Å². The summed E-state index contributed by atoms with van der Waals surface area (Å²) in [4.78, 5) is 0. The fraction of sp³-hybridized carbons (Fsp3) is 1.00. The third-order valence-electron chi connectivity index (χ3n) is 2.71. The molecule has 0 saturated heterocycles. The molecule has 0 aromatic rings. The topological polar surface area (TPSA) is 29.5 Å². The van der Waals surface area contributed by atoms with Crippen molar-refractivity contribution in [2.24, 2.45) is 0 Å². The minimum Gasteiger partial charge on any atom is -0.414 e. The molecule has 0 heterocycles. The van der Waals surface area contributed by atoms with E-state index in [2.05, 4.69) is 0 Å². The normalized spacial score (nSPS) is 16.1. The highest BCUT2D eigenvalue weighted by Gasteiger charge is 2.38. The second-order valence-corrected chi connectivity index (χ2v) is 9.78. The first-order chi connectivity index (χ1) is 6.08. The largest absolute Gasteiger partial charge is 0.414 e. The molecule has 0 rings (SSSR count). The molecule has 0 aliphatic rings. The van der Waals surface area contributed by atoms with E-state index in [1.54, 1.807) is 0 Å². The molecule has 0 aromatic carbocycles.